The molecule has 0 aliphatic carbocycles. The van der Waals surface area contributed by atoms with Crippen LogP contribution in [0.5, 0.6) is 11.5 Å². The molecular formula is C32H30BrFN2O4. The lowest BCUT2D eigenvalue weighted by Gasteiger charge is -2.26. The van der Waals surface area contributed by atoms with E-state index in [0.717, 1.165) is 21.3 Å². The molecule has 0 radical (unpaired) electrons. The van der Waals surface area contributed by atoms with Crippen LogP contribution in [0.1, 0.15) is 42.2 Å². The summed E-state index contributed by atoms with van der Waals surface area (Å²) in [6.45, 7) is 5.41. The molecule has 1 unspecified atom stereocenters. The number of carbonyl (C=O) groups excluding carboxylic acids is 1. The summed E-state index contributed by atoms with van der Waals surface area (Å²) >= 11 is 3.45. The van der Waals surface area contributed by atoms with Gasteiger partial charge in [-0.3, -0.25) is 9.59 Å². The summed E-state index contributed by atoms with van der Waals surface area (Å²) in [5, 5.41) is 12.7. The van der Waals surface area contributed by atoms with Gasteiger partial charge >= 0.3 is 5.97 Å². The number of hydrogen-bond acceptors (Lipinski definition) is 4. The van der Waals surface area contributed by atoms with Crippen molar-refractivity contribution in [3.63, 3.8) is 0 Å². The number of ether oxygens (including phenoxy) is 1. The largest absolute Gasteiger partial charge is 0.481 e. The Morgan fingerprint density at radius 1 is 0.925 bits per heavy atom. The zero-order valence-electron chi connectivity index (χ0n) is 22.2. The maximum Gasteiger partial charge on any atom is 0.305 e. The Labute approximate surface area is 241 Å². The minimum atomic E-state index is -1.09. The number of hydrogen-bond donors (Lipinski definition) is 2. The highest BCUT2D eigenvalue weighted by molar-refractivity contribution is 9.10. The second-order valence-corrected chi connectivity index (χ2v) is 10.1. The van der Waals surface area contributed by atoms with Crippen molar-refractivity contribution < 1.29 is 23.8 Å². The second-order valence-electron chi connectivity index (χ2n) is 9.14. The molecule has 206 valence electrons. The average Bonchev–Trinajstić information content (AvgIpc) is 2.94. The number of benzene rings is 4. The van der Waals surface area contributed by atoms with Crippen molar-refractivity contribution in [2.75, 3.05) is 18.0 Å². The Kier molecular flexibility index (Phi) is 9.56. The van der Waals surface area contributed by atoms with E-state index in [1.54, 1.807) is 24.3 Å². The molecule has 4 rings (SSSR count). The van der Waals surface area contributed by atoms with Crippen molar-refractivity contribution >= 4 is 33.5 Å². The monoisotopic (exact) mass is 604 g/mol. The standard InChI is InChI=1S/C32H30BrFN2O4/c1-3-36(4-2)29-16-14-23(33)18-27(29)32(39)35-28(20-31(37)38)26-15-13-22(21-9-6-5-7-10-21)17-30(26)40-25-12-8-11-24(34)19-25/h5-19,28H,3-4,20H2,1-2H3,(H,35,39)(H,37,38). The Morgan fingerprint density at radius 3 is 2.35 bits per heavy atom. The quantitative estimate of drug-likeness (QED) is 0.182. The van der Waals surface area contributed by atoms with E-state index in [0.29, 0.717) is 30.0 Å². The molecule has 0 aliphatic rings. The minimum Gasteiger partial charge on any atom is -0.481 e. The fourth-order valence-electron chi connectivity index (χ4n) is 4.56. The summed E-state index contributed by atoms with van der Waals surface area (Å²) in [5.41, 5.74) is 3.37. The first kappa shape index (κ1) is 28.8. The molecule has 4 aromatic carbocycles. The molecule has 4 aromatic rings. The van der Waals surface area contributed by atoms with Crippen LogP contribution in [0.15, 0.2) is 95.5 Å². The zero-order valence-corrected chi connectivity index (χ0v) is 23.8. The van der Waals surface area contributed by atoms with Crippen LogP contribution < -0.4 is 15.0 Å². The van der Waals surface area contributed by atoms with Crippen molar-refractivity contribution in [3.8, 4) is 22.6 Å². The summed E-state index contributed by atoms with van der Waals surface area (Å²) in [6.07, 6.45) is -0.384. The number of nitrogens with zero attached hydrogens (tertiary/aromatic N) is 1. The van der Waals surface area contributed by atoms with Crippen molar-refractivity contribution in [1.29, 1.82) is 0 Å². The van der Waals surface area contributed by atoms with Crippen LogP contribution in [-0.4, -0.2) is 30.1 Å². The molecule has 0 fully saturated rings. The molecule has 0 heterocycles. The molecule has 0 aromatic heterocycles. The van der Waals surface area contributed by atoms with E-state index in [9.17, 15) is 19.1 Å². The van der Waals surface area contributed by atoms with Gasteiger partial charge < -0.3 is 20.1 Å². The predicted molar refractivity (Wildman–Crippen MR) is 159 cm³/mol. The van der Waals surface area contributed by atoms with Crippen molar-refractivity contribution in [3.05, 3.63) is 112 Å². The van der Waals surface area contributed by atoms with Gasteiger partial charge in [0.05, 0.1) is 18.0 Å². The van der Waals surface area contributed by atoms with Crippen LogP contribution in [0.25, 0.3) is 11.1 Å². The number of amides is 1. The van der Waals surface area contributed by atoms with E-state index in [4.69, 9.17) is 4.74 Å². The zero-order chi connectivity index (χ0) is 28.6. The SMILES string of the molecule is CCN(CC)c1ccc(Br)cc1C(=O)NC(CC(=O)O)c1ccc(-c2ccccc2)cc1Oc1cccc(F)c1. The molecule has 0 saturated carbocycles. The van der Waals surface area contributed by atoms with Crippen LogP contribution in [0.4, 0.5) is 10.1 Å². The molecule has 1 amide bonds. The lowest BCUT2D eigenvalue weighted by molar-refractivity contribution is -0.137. The minimum absolute atomic E-state index is 0.252. The van der Waals surface area contributed by atoms with E-state index >= 15 is 0 Å². The Balaban J connectivity index is 1.77. The Morgan fingerprint density at radius 2 is 1.68 bits per heavy atom. The molecule has 0 spiro atoms. The topological polar surface area (TPSA) is 78.9 Å². The summed E-state index contributed by atoms with van der Waals surface area (Å²) in [4.78, 5) is 27.7. The van der Waals surface area contributed by atoms with Crippen molar-refractivity contribution in [2.24, 2.45) is 0 Å². The van der Waals surface area contributed by atoms with Crippen LogP contribution in [0.2, 0.25) is 0 Å². The fraction of sp³-hybridized carbons (Fsp3) is 0.188. The maximum atomic E-state index is 14.0. The van der Waals surface area contributed by atoms with Gasteiger partial charge in [0.2, 0.25) is 0 Å². The van der Waals surface area contributed by atoms with E-state index < -0.39 is 23.7 Å². The van der Waals surface area contributed by atoms with Gasteiger partial charge in [-0.2, -0.15) is 0 Å². The maximum absolute atomic E-state index is 14.0. The van der Waals surface area contributed by atoms with E-state index in [1.165, 1.54) is 18.2 Å². The third-order valence-electron chi connectivity index (χ3n) is 6.51. The molecule has 0 aliphatic heterocycles. The van der Waals surface area contributed by atoms with Gasteiger partial charge in [-0.15, -0.1) is 0 Å². The summed E-state index contributed by atoms with van der Waals surface area (Å²) in [5.74, 6) is -1.41. The summed E-state index contributed by atoms with van der Waals surface area (Å²) in [7, 11) is 0. The Bertz CT molecular complexity index is 1490. The van der Waals surface area contributed by atoms with Crippen molar-refractivity contribution in [1.82, 2.24) is 5.32 Å². The Hall–Kier alpha value is -4.17. The van der Waals surface area contributed by atoms with Crippen LogP contribution in [0.3, 0.4) is 0 Å². The first-order valence-electron chi connectivity index (χ1n) is 13.0. The molecule has 6 nitrogen and oxygen atoms in total. The number of halogens is 2. The number of anilines is 1. The lowest BCUT2D eigenvalue weighted by Crippen LogP contribution is -2.32. The smallest absolute Gasteiger partial charge is 0.305 e. The number of carbonyl (C=O) groups is 2. The first-order valence-corrected chi connectivity index (χ1v) is 13.8. The molecule has 1 atom stereocenters. The van der Waals surface area contributed by atoms with E-state index in [-0.39, 0.29) is 12.2 Å². The second kappa shape index (κ2) is 13.3. The third kappa shape index (κ3) is 7.07. The predicted octanol–water partition coefficient (Wildman–Crippen LogP) is 7.84. The number of nitrogens with one attached hydrogen (secondary N) is 1. The molecule has 0 saturated heterocycles. The highest BCUT2D eigenvalue weighted by atomic mass is 79.9. The normalized spacial score (nSPS) is 11.5. The van der Waals surface area contributed by atoms with Gasteiger partial charge in [0.25, 0.3) is 5.91 Å². The summed E-state index contributed by atoms with van der Waals surface area (Å²) in [6, 6.07) is 25.2. The average molecular weight is 606 g/mol. The number of carboxylic acids is 1. The molecule has 2 N–H and O–H groups in total. The van der Waals surface area contributed by atoms with Crippen LogP contribution in [0, 0.1) is 5.82 Å². The molecule has 40 heavy (non-hydrogen) atoms. The molecule has 0 bridgehead atoms. The third-order valence-corrected chi connectivity index (χ3v) is 7.00. The van der Waals surface area contributed by atoms with Crippen molar-refractivity contribution in [2.45, 2.75) is 26.3 Å². The fourth-order valence-corrected chi connectivity index (χ4v) is 4.92. The molecule has 8 heteroatoms. The highest BCUT2D eigenvalue weighted by Crippen LogP contribution is 2.36. The number of aliphatic carboxylic acids is 1. The first-order chi connectivity index (χ1) is 19.3. The van der Waals surface area contributed by atoms with Crippen LogP contribution in [-0.2, 0) is 4.79 Å². The van der Waals surface area contributed by atoms with Gasteiger partial charge in [-0.05, 0) is 61.4 Å². The summed E-state index contributed by atoms with van der Waals surface area (Å²) < 4.78 is 20.8. The molecular weight excluding hydrogens is 575 g/mol. The highest BCUT2D eigenvalue weighted by Gasteiger charge is 2.25. The van der Waals surface area contributed by atoms with Gasteiger partial charge in [0.15, 0.2) is 0 Å². The van der Waals surface area contributed by atoms with Gasteiger partial charge in [0, 0.05) is 34.9 Å². The number of rotatable bonds is 11. The van der Waals surface area contributed by atoms with Crippen LogP contribution >= 0.6 is 15.9 Å². The lowest BCUT2D eigenvalue weighted by atomic mass is 9.97. The number of carboxylic acid groups (broad SMARTS) is 1. The van der Waals surface area contributed by atoms with E-state index in [1.807, 2.05) is 62.4 Å². The van der Waals surface area contributed by atoms with Gasteiger partial charge in [-0.25, -0.2) is 4.39 Å². The van der Waals surface area contributed by atoms with Gasteiger partial charge in [0.1, 0.15) is 17.3 Å². The van der Waals surface area contributed by atoms with Gasteiger partial charge in [-0.1, -0.05) is 64.5 Å². The van der Waals surface area contributed by atoms with E-state index in [2.05, 4.69) is 26.1 Å².